The van der Waals surface area contributed by atoms with E-state index in [0.717, 1.165) is 0 Å². The summed E-state index contributed by atoms with van der Waals surface area (Å²) in [4.78, 5) is 12.8. The van der Waals surface area contributed by atoms with Crippen molar-refractivity contribution in [2.45, 2.75) is 25.8 Å². The average molecular weight is 305 g/mol. The smallest absolute Gasteiger partial charge is 0.308 e. The fourth-order valence-corrected chi connectivity index (χ4v) is 2.48. The van der Waals surface area contributed by atoms with Gasteiger partial charge in [-0.1, -0.05) is 0 Å². The topological polar surface area (TPSA) is 95.9 Å². The third-order valence-corrected chi connectivity index (χ3v) is 4.00. The van der Waals surface area contributed by atoms with Crippen LogP contribution in [0.2, 0.25) is 0 Å². The van der Waals surface area contributed by atoms with Crippen LogP contribution in [0.3, 0.4) is 0 Å². The van der Waals surface area contributed by atoms with Gasteiger partial charge in [0, 0.05) is 5.69 Å². The number of aryl methyl sites for hydroxylation is 1. The fourth-order valence-electron chi connectivity index (χ4n) is 2.48. The molecule has 1 heterocycles. The normalized spacial score (nSPS) is 20.5. The van der Waals surface area contributed by atoms with E-state index in [1.807, 2.05) is 0 Å². The minimum atomic E-state index is -0.438. The van der Waals surface area contributed by atoms with Crippen LogP contribution in [0.25, 0.3) is 11.4 Å². The fraction of sp³-hybridized carbons (Fsp3) is 0.429. The van der Waals surface area contributed by atoms with E-state index in [1.165, 1.54) is 24.0 Å². The summed E-state index contributed by atoms with van der Waals surface area (Å²) in [5, 5.41) is 12.0. The number of methoxy groups -OCH3 is 1. The Kier molecular flexibility index (Phi) is 3.51. The van der Waals surface area contributed by atoms with Crippen molar-refractivity contribution in [2.24, 2.45) is 5.92 Å². The zero-order valence-electron chi connectivity index (χ0n) is 12.3. The van der Waals surface area contributed by atoms with Gasteiger partial charge < -0.3 is 10.5 Å². The van der Waals surface area contributed by atoms with Crippen LogP contribution >= 0.6 is 0 Å². The Morgan fingerprint density at radius 1 is 1.45 bits per heavy atom. The number of nitrogens with zero attached hydrogens (tertiary/aromatic N) is 4. The first-order valence-electron chi connectivity index (χ1n) is 6.93. The number of hydrogen-bond acceptors (Lipinski definition) is 6. The molecule has 0 amide bonds. The lowest BCUT2D eigenvalue weighted by molar-refractivity contribution is -0.150. The number of anilines is 1. The van der Waals surface area contributed by atoms with Gasteiger partial charge in [0.15, 0.2) is 0 Å². The zero-order valence-corrected chi connectivity index (χ0v) is 12.3. The Labute approximate surface area is 126 Å². The number of hydrogen-bond donors (Lipinski definition) is 1. The Balaban J connectivity index is 1.78. The number of nitrogen functional groups attached to an aromatic ring is 1. The summed E-state index contributed by atoms with van der Waals surface area (Å²) in [6, 6.07) is 2.84. The Morgan fingerprint density at radius 2 is 2.18 bits per heavy atom. The third kappa shape index (κ3) is 2.40. The number of ether oxygens (including phenoxy) is 1. The summed E-state index contributed by atoms with van der Waals surface area (Å²) in [5.74, 6) is -0.608. The number of carbonyl (C=O) groups is 1. The Bertz CT molecular complexity index is 724. The maximum atomic E-state index is 14.0. The summed E-state index contributed by atoms with van der Waals surface area (Å²) < 4.78 is 18.7. The van der Waals surface area contributed by atoms with Gasteiger partial charge in [-0.2, -0.15) is 4.80 Å². The van der Waals surface area contributed by atoms with Crippen molar-refractivity contribution in [3.8, 4) is 11.4 Å². The predicted octanol–water partition coefficient (Wildman–Crippen LogP) is 1.49. The first kappa shape index (κ1) is 14.4. The highest BCUT2D eigenvalue weighted by atomic mass is 19.1. The van der Waals surface area contributed by atoms with Gasteiger partial charge in [0.1, 0.15) is 5.82 Å². The summed E-state index contributed by atoms with van der Waals surface area (Å²) in [7, 11) is 1.37. The van der Waals surface area contributed by atoms with E-state index in [1.54, 1.807) is 6.92 Å². The van der Waals surface area contributed by atoms with Gasteiger partial charge in [-0.05, 0) is 42.7 Å². The maximum absolute atomic E-state index is 14.0. The number of halogens is 1. The summed E-state index contributed by atoms with van der Waals surface area (Å²) >= 11 is 0. The largest absolute Gasteiger partial charge is 0.469 e. The molecule has 1 fully saturated rings. The second-order valence-corrected chi connectivity index (χ2v) is 5.47. The van der Waals surface area contributed by atoms with Crippen molar-refractivity contribution in [1.29, 1.82) is 0 Å². The molecule has 1 aromatic heterocycles. The summed E-state index contributed by atoms with van der Waals surface area (Å²) in [5.41, 5.74) is 7.15. The highest BCUT2D eigenvalue weighted by Crippen LogP contribution is 2.37. The number of benzene rings is 1. The number of rotatable bonds is 3. The van der Waals surface area contributed by atoms with Gasteiger partial charge >= 0.3 is 5.97 Å². The van der Waals surface area contributed by atoms with Crippen molar-refractivity contribution < 1.29 is 13.9 Å². The summed E-state index contributed by atoms with van der Waals surface area (Å²) in [6.07, 6.45) is 1.20. The van der Waals surface area contributed by atoms with E-state index < -0.39 is 5.82 Å². The highest BCUT2D eigenvalue weighted by molar-refractivity contribution is 5.73. The van der Waals surface area contributed by atoms with Crippen molar-refractivity contribution in [3.05, 3.63) is 23.5 Å². The van der Waals surface area contributed by atoms with Crippen molar-refractivity contribution in [3.63, 3.8) is 0 Å². The molecule has 3 rings (SSSR count). The van der Waals surface area contributed by atoms with E-state index in [9.17, 15) is 9.18 Å². The minimum absolute atomic E-state index is 0.0174. The minimum Gasteiger partial charge on any atom is -0.469 e. The first-order valence-corrected chi connectivity index (χ1v) is 6.93. The predicted molar refractivity (Wildman–Crippen MR) is 76.1 cm³/mol. The van der Waals surface area contributed by atoms with E-state index in [0.29, 0.717) is 24.1 Å². The molecule has 0 bridgehead atoms. The second-order valence-electron chi connectivity index (χ2n) is 5.47. The average Bonchev–Trinajstić information content (AvgIpc) is 2.90. The molecular weight excluding hydrogens is 289 g/mol. The monoisotopic (exact) mass is 305 g/mol. The van der Waals surface area contributed by atoms with E-state index in [-0.39, 0.29) is 29.3 Å². The molecule has 2 aromatic rings. The molecule has 0 spiro atoms. The lowest BCUT2D eigenvalue weighted by atomic mass is 9.81. The van der Waals surface area contributed by atoms with Crippen LogP contribution in [0.15, 0.2) is 12.1 Å². The van der Waals surface area contributed by atoms with Gasteiger partial charge in [-0.3, -0.25) is 4.79 Å². The molecule has 2 N–H and O–H groups in total. The first-order chi connectivity index (χ1) is 10.5. The van der Waals surface area contributed by atoms with Gasteiger partial charge in [0.25, 0.3) is 0 Å². The van der Waals surface area contributed by atoms with E-state index in [4.69, 9.17) is 5.73 Å². The molecular formula is C14H16FN5O2. The molecule has 0 atom stereocenters. The second kappa shape index (κ2) is 5.36. The molecule has 1 aliphatic carbocycles. The quantitative estimate of drug-likeness (QED) is 0.682. The van der Waals surface area contributed by atoms with Crippen LogP contribution < -0.4 is 5.73 Å². The number of tetrazole rings is 1. The van der Waals surface area contributed by atoms with Crippen molar-refractivity contribution >= 4 is 11.7 Å². The van der Waals surface area contributed by atoms with Gasteiger partial charge in [-0.15, -0.1) is 10.2 Å². The number of carbonyl (C=O) groups excluding carboxylic acids is 1. The SMILES string of the molecule is COC(=O)C1CC(n2nnc(-c3cc(N)c(C)cc3F)n2)C1. The lowest BCUT2D eigenvalue weighted by Gasteiger charge is -2.31. The van der Waals surface area contributed by atoms with Crippen LogP contribution in [-0.2, 0) is 9.53 Å². The van der Waals surface area contributed by atoms with Gasteiger partial charge in [0.05, 0.1) is 24.6 Å². The van der Waals surface area contributed by atoms with Crippen molar-refractivity contribution in [2.75, 3.05) is 12.8 Å². The van der Waals surface area contributed by atoms with E-state index >= 15 is 0 Å². The number of esters is 1. The molecule has 1 aromatic carbocycles. The van der Waals surface area contributed by atoms with Gasteiger partial charge in [-0.25, -0.2) is 4.39 Å². The van der Waals surface area contributed by atoms with Crippen LogP contribution in [0.5, 0.6) is 0 Å². The molecule has 7 nitrogen and oxygen atoms in total. The van der Waals surface area contributed by atoms with Gasteiger partial charge in [0.2, 0.25) is 5.82 Å². The molecule has 8 heteroatoms. The standard InChI is InChI=1S/C14H16FN5O2/c1-7-3-11(15)10(6-12(7)16)13-17-19-20(18-13)9-4-8(5-9)14(21)22-2/h3,6,8-9H,4-5,16H2,1-2H3. The zero-order chi connectivity index (χ0) is 15.9. The Morgan fingerprint density at radius 3 is 2.86 bits per heavy atom. The Hall–Kier alpha value is -2.51. The summed E-state index contributed by atoms with van der Waals surface area (Å²) in [6.45, 7) is 1.73. The van der Waals surface area contributed by atoms with Crippen molar-refractivity contribution in [1.82, 2.24) is 20.2 Å². The molecule has 0 aliphatic heterocycles. The maximum Gasteiger partial charge on any atom is 0.308 e. The van der Waals surface area contributed by atoms with Crippen LogP contribution in [0.1, 0.15) is 24.4 Å². The molecule has 1 aliphatic rings. The van der Waals surface area contributed by atoms with Crippen LogP contribution in [0, 0.1) is 18.7 Å². The lowest BCUT2D eigenvalue weighted by Crippen LogP contribution is -2.34. The number of nitrogens with two attached hydrogens (primary N) is 1. The molecule has 0 saturated heterocycles. The molecule has 1 saturated carbocycles. The number of aromatic nitrogens is 4. The molecule has 116 valence electrons. The van der Waals surface area contributed by atoms with Crippen LogP contribution in [0.4, 0.5) is 10.1 Å². The molecule has 0 radical (unpaired) electrons. The third-order valence-electron chi connectivity index (χ3n) is 4.00. The molecule has 0 unspecified atom stereocenters. The van der Waals surface area contributed by atoms with E-state index in [2.05, 4.69) is 20.1 Å². The highest BCUT2D eigenvalue weighted by Gasteiger charge is 2.38. The molecule has 22 heavy (non-hydrogen) atoms. The van der Waals surface area contributed by atoms with Crippen LogP contribution in [-0.4, -0.2) is 33.3 Å².